The first-order chi connectivity index (χ1) is 13.2. The number of hydrogen-bond acceptors (Lipinski definition) is 6. The van der Waals surface area contributed by atoms with E-state index in [2.05, 4.69) is 48.2 Å². The molecule has 1 aromatic carbocycles. The number of aliphatic hydroxyl groups excluding tert-OH is 2. The third-order valence-corrected chi connectivity index (χ3v) is 3.93. The minimum atomic E-state index is -0.944. The molecule has 2 aromatic rings. The van der Waals surface area contributed by atoms with Gasteiger partial charge in [-0.1, -0.05) is 27.7 Å². The standard InChI is InChI=1S/C16H18FN2.C5H12O4.Ir/c1-10(2)14-9-18-16(15(19-14)11(3)4)12-5-7-13(17)8-6-12;1-8-4(6)3-5(7)9-2;/h5,7-11H,1-4H3;4-7H,3H2,1-2H3;/q-1;;. The van der Waals surface area contributed by atoms with E-state index in [4.69, 9.17) is 15.2 Å². The van der Waals surface area contributed by atoms with Crippen LogP contribution in [0.1, 0.15) is 57.3 Å². The maximum Gasteiger partial charge on any atom is 0.158 e. The zero-order chi connectivity index (χ0) is 21.3. The van der Waals surface area contributed by atoms with E-state index in [-0.39, 0.29) is 38.3 Å². The summed E-state index contributed by atoms with van der Waals surface area (Å²) >= 11 is 0. The van der Waals surface area contributed by atoms with E-state index in [1.807, 2.05) is 0 Å². The second-order valence-electron chi connectivity index (χ2n) is 6.88. The molecule has 6 nitrogen and oxygen atoms in total. The van der Waals surface area contributed by atoms with Crippen molar-refractivity contribution in [2.75, 3.05) is 14.2 Å². The number of nitrogens with zero attached hydrogens (tertiary/aromatic N) is 2. The van der Waals surface area contributed by atoms with E-state index >= 15 is 0 Å². The number of rotatable bonds is 7. The molecule has 0 saturated heterocycles. The van der Waals surface area contributed by atoms with Gasteiger partial charge in [0, 0.05) is 64.1 Å². The maximum atomic E-state index is 13.0. The molecule has 1 radical (unpaired) electrons. The molecule has 0 aliphatic rings. The molecular formula is C21H30FIrN2O4-. The molecule has 2 rings (SSSR count). The van der Waals surface area contributed by atoms with Gasteiger partial charge in [0.2, 0.25) is 0 Å². The van der Waals surface area contributed by atoms with Crippen molar-refractivity contribution in [3.05, 3.63) is 47.7 Å². The Morgan fingerprint density at radius 2 is 1.62 bits per heavy atom. The molecule has 0 saturated carbocycles. The van der Waals surface area contributed by atoms with Gasteiger partial charge in [-0.25, -0.2) is 0 Å². The third-order valence-electron chi connectivity index (χ3n) is 3.93. The number of hydrogen-bond donors (Lipinski definition) is 2. The van der Waals surface area contributed by atoms with Gasteiger partial charge in [-0.3, -0.25) is 9.37 Å². The molecule has 2 N–H and O–H groups in total. The largest absolute Gasteiger partial charge is 0.368 e. The van der Waals surface area contributed by atoms with Crippen molar-refractivity contribution in [1.82, 2.24) is 9.97 Å². The maximum absolute atomic E-state index is 13.0. The SMILES string of the molecule is CC(C)c1cnc(-c2[c-]cc(F)cc2)c(C(C)C)n1.COC(O)CC(O)OC.[Ir]. The fourth-order valence-electron chi connectivity index (χ4n) is 2.22. The molecule has 0 amide bonds. The van der Waals surface area contributed by atoms with Crippen LogP contribution in [0.15, 0.2) is 24.4 Å². The van der Waals surface area contributed by atoms with Crippen molar-refractivity contribution >= 4 is 0 Å². The Kier molecular flexibility index (Phi) is 13.2. The number of ether oxygens (including phenoxy) is 2. The summed E-state index contributed by atoms with van der Waals surface area (Å²) in [6.07, 6.45) is -0.0179. The van der Waals surface area contributed by atoms with Gasteiger partial charge in [0.15, 0.2) is 12.6 Å². The van der Waals surface area contributed by atoms with Gasteiger partial charge in [0.05, 0.1) is 5.69 Å². The number of aromatic nitrogens is 2. The van der Waals surface area contributed by atoms with Crippen molar-refractivity contribution in [3.63, 3.8) is 0 Å². The predicted octanol–water partition coefficient (Wildman–Crippen LogP) is 3.63. The fraction of sp³-hybridized carbons (Fsp3) is 0.524. The summed E-state index contributed by atoms with van der Waals surface area (Å²) in [4.78, 5) is 9.20. The van der Waals surface area contributed by atoms with Crippen LogP contribution in [0.2, 0.25) is 0 Å². The van der Waals surface area contributed by atoms with Crippen LogP contribution < -0.4 is 0 Å². The molecule has 2 atom stereocenters. The van der Waals surface area contributed by atoms with E-state index in [0.29, 0.717) is 5.92 Å². The average Bonchev–Trinajstić information content (AvgIpc) is 2.68. The van der Waals surface area contributed by atoms with Gasteiger partial charge in [-0.2, -0.15) is 0 Å². The quantitative estimate of drug-likeness (QED) is 0.382. The van der Waals surface area contributed by atoms with E-state index in [0.717, 1.165) is 22.6 Å². The Labute approximate surface area is 185 Å². The molecule has 165 valence electrons. The van der Waals surface area contributed by atoms with Crippen LogP contribution in [0.5, 0.6) is 0 Å². The van der Waals surface area contributed by atoms with Gasteiger partial charge in [0.1, 0.15) is 0 Å². The number of halogens is 1. The van der Waals surface area contributed by atoms with Gasteiger partial charge in [-0.15, -0.1) is 29.8 Å². The fourth-order valence-corrected chi connectivity index (χ4v) is 2.22. The molecule has 8 heteroatoms. The van der Waals surface area contributed by atoms with E-state index < -0.39 is 12.6 Å². The summed E-state index contributed by atoms with van der Waals surface area (Å²) in [6.45, 7) is 8.36. The topological polar surface area (TPSA) is 84.7 Å². The van der Waals surface area contributed by atoms with E-state index in [1.165, 1.54) is 26.4 Å². The minimum absolute atomic E-state index is 0. The molecule has 1 aromatic heterocycles. The van der Waals surface area contributed by atoms with E-state index in [1.54, 1.807) is 12.3 Å². The first-order valence-corrected chi connectivity index (χ1v) is 9.15. The van der Waals surface area contributed by atoms with Gasteiger partial charge >= 0.3 is 0 Å². The normalized spacial score (nSPS) is 12.8. The number of benzene rings is 1. The van der Waals surface area contributed by atoms with Gasteiger partial charge in [-0.05, 0) is 11.8 Å². The minimum Gasteiger partial charge on any atom is -0.368 e. The second kappa shape index (κ2) is 13.9. The first-order valence-electron chi connectivity index (χ1n) is 9.15. The van der Waals surface area contributed by atoms with Crippen molar-refractivity contribution in [1.29, 1.82) is 0 Å². The Morgan fingerprint density at radius 1 is 1.03 bits per heavy atom. The molecule has 2 unspecified atom stereocenters. The van der Waals surface area contributed by atoms with Crippen LogP contribution in [0.25, 0.3) is 11.3 Å². The Hall–Kier alpha value is -1.28. The predicted molar refractivity (Wildman–Crippen MR) is 105 cm³/mol. The van der Waals surface area contributed by atoms with Crippen molar-refractivity contribution in [2.24, 2.45) is 0 Å². The van der Waals surface area contributed by atoms with Crippen molar-refractivity contribution < 1.29 is 44.2 Å². The van der Waals surface area contributed by atoms with E-state index in [9.17, 15) is 4.39 Å². The van der Waals surface area contributed by atoms with Gasteiger partial charge < -0.3 is 24.7 Å². The Bertz CT molecular complexity index is 706. The third kappa shape index (κ3) is 9.38. The Balaban J connectivity index is 0.000000672. The van der Waals surface area contributed by atoms with Crippen molar-refractivity contribution in [3.8, 4) is 11.3 Å². The molecule has 0 bridgehead atoms. The summed E-state index contributed by atoms with van der Waals surface area (Å²) in [5.74, 6) is 0.317. The monoisotopic (exact) mass is 586 g/mol. The zero-order valence-corrected chi connectivity index (χ0v) is 20.0. The molecule has 0 fully saturated rings. The average molecular weight is 586 g/mol. The number of methoxy groups -OCH3 is 2. The second-order valence-corrected chi connectivity index (χ2v) is 6.88. The summed E-state index contributed by atoms with van der Waals surface area (Å²) in [6, 6.07) is 7.37. The Morgan fingerprint density at radius 3 is 2.03 bits per heavy atom. The molecule has 1 heterocycles. The van der Waals surface area contributed by atoms with Crippen LogP contribution in [0, 0.1) is 11.9 Å². The summed E-state index contributed by atoms with van der Waals surface area (Å²) in [7, 11) is 2.71. The van der Waals surface area contributed by atoms with Crippen LogP contribution in [0.4, 0.5) is 4.39 Å². The van der Waals surface area contributed by atoms with Crippen LogP contribution in [0.3, 0.4) is 0 Å². The molecular weight excluding hydrogens is 555 g/mol. The van der Waals surface area contributed by atoms with Crippen LogP contribution in [-0.4, -0.2) is 47.0 Å². The van der Waals surface area contributed by atoms with Crippen LogP contribution >= 0.6 is 0 Å². The van der Waals surface area contributed by atoms with Gasteiger partial charge in [0.25, 0.3) is 0 Å². The number of aliphatic hydroxyl groups is 2. The summed E-state index contributed by atoms with van der Waals surface area (Å²) < 4.78 is 21.8. The molecule has 0 aliphatic heterocycles. The van der Waals surface area contributed by atoms with Crippen molar-refractivity contribution in [2.45, 2.75) is 58.5 Å². The van der Waals surface area contributed by atoms with Crippen LogP contribution in [-0.2, 0) is 29.6 Å². The molecule has 0 spiro atoms. The molecule has 29 heavy (non-hydrogen) atoms. The smallest absolute Gasteiger partial charge is 0.158 e. The summed E-state index contributed by atoms with van der Waals surface area (Å²) in [5, 5.41) is 17.4. The first kappa shape index (κ1) is 27.7. The molecule has 0 aliphatic carbocycles. The summed E-state index contributed by atoms with van der Waals surface area (Å²) in [5.41, 5.74) is 3.50. The zero-order valence-electron chi connectivity index (χ0n) is 17.6.